The quantitative estimate of drug-likeness (QED) is 0.906. The van der Waals surface area contributed by atoms with Crippen molar-refractivity contribution < 1.29 is 9.84 Å². The molecule has 0 aromatic heterocycles. The number of amidine groups is 1. The molecule has 0 aliphatic carbocycles. The van der Waals surface area contributed by atoms with Crippen LogP contribution in [0.1, 0.15) is 0 Å². The Morgan fingerprint density at radius 2 is 1.79 bits per heavy atom. The van der Waals surface area contributed by atoms with Gasteiger partial charge in [0.25, 0.3) is 0 Å². The van der Waals surface area contributed by atoms with Gasteiger partial charge >= 0.3 is 0 Å². The van der Waals surface area contributed by atoms with E-state index in [1.807, 2.05) is 47.4 Å². The molecule has 4 nitrogen and oxygen atoms in total. The van der Waals surface area contributed by atoms with E-state index in [1.54, 1.807) is 11.8 Å². The Bertz CT molecular complexity index is 724. The van der Waals surface area contributed by atoms with E-state index in [-0.39, 0.29) is 19.0 Å². The van der Waals surface area contributed by atoms with Crippen molar-refractivity contribution in [2.45, 2.75) is 5.72 Å². The summed E-state index contributed by atoms with van der Waals surface area (Å²) in [7, 11) is 0. The van der Waals surface area contributed by atoms with Gasteiger partial charge in [0.1, 0.15) is 12.4 Å². The third kappa shape index (κ3) is 3.24. The zero-order valence-corrected chi connectivity index (χ0v) is 14.7. The second-order valence-electron chi connectivity index (χ2n) is 5.77. The van der Waals surface area contributed by atoms with E-state index < -0.39 is 5.72 Å². The number of ether oxygens (including phenoxy) is 1. The van der Waals surface area contributed by atoms with Crippen LogP contribution in [0.2, 0.25) is 0 Å². The Morgan fingerprint density at radius 3 is 2.54 bits per heavy atom. The Kier molecular flexibility index (Phi) is 5.04. The minimum atomic E-state index is -0.946. The normalized spacial score (nSPS) is 21.9. The Balaban J connectivity index is 0.00000169. The van der Waals surface area contributed by atoms with Crippen molar-refractivity contribution in [3.05, 3.63) is 54.6 Å². The van der Waals surface area contributed by atoms with Crippen molar-refractivity contribution in [2.24, 2.45) is 4.99 Å². The first-order valence-corrected chi connectivity index (χ1v) is 8.69. The average Bonchev–Trinajstić information content (AvgIpc) is 3.19. The summed E-state index contributed by atoms with van der Waals surface area (Å²) in [6.45, 7) is 1.79. The minimum Gasteiger partial charge on any atom is -0.489 e. The van der Waals surface area contributed by atoms with Crippen molar-refractivity contribution >= 4 is 29.3 Å². The van der Waals surface area contributed by atoms with Gasteiger partial charge in [0.15, 0.2) is 10.9 Å². The first-order valence-electron chi connectivity index (χ1n) is 7.70. The van der Waals surface area contributed by atoms with Gasteiger partial charge in [0.05, 0.1) is 12.3 Å². The number of nitrogens with zero attached hydrogens (tertiary/aromatic N) is 2. The molecule has 0 spiro atoms. The molecular weight excluding hydrogens is 344 g/mol. The second kappa shape index (κ2) is 7.05. The largest absolute Gasteiger partial charge is 0.489 e. The van der Waals surface area contributed by atoms with Crippen LogP contribution in [-0.2, 0) is 0 Å². The number of hydrogen-bond acceptors (Lipinski definition) is 5. The molecule has 0 saturated carbocycles. The van der Waals surface area contributed by atoms with Crippen molar-refractivity contribution in [2.75, 3.05) is 25.4 Å². The number of aliphatic imine (C=N–C) groups is 1. The first kappa shape index (κ1) is 17.1. The Labute approximate surface area is 152 Å². The Hall–Kier alpha value is -1.69. The number of aliphatic hydroxyl groups is 1. The molecule has 6 heteroatoms. The van der Waals surface area contributed by atoms with Gasteiger partial charge in [0, 0.05) is 6.54 Å². The first-order chi connectivity index (χ1) is 11.2. The Morgan fingerprint density at radius 1 is 1.08 bits per heavy atom. The number of fused-ring (bicyclic) bond motifs is 1. The van der Waals surface area contributed by atoms with Crippen LogP contribution in [-0.4, -0.2) is 46.3 Å². The van der Waals surface area contributed by atoms with Crippen LogP contribution in [0.3, 0.4) is 0 Å². The maximum Gasteiger partial charge on any atom is 0.184 e. The van der Waals surface area contributed by atoms with Gasteiger partial charge in [-0.3, -0.25) is 4.99 Å². The van der Waals surface area contributed by atoms with E-state index in [1.165, 1.54) is 5.56 Å². The lowest BCUT2D eigenvalue weighted by atomic mass is 10.1. The van der Waals surface area contributed by atoms with Crippen LogP contribution in [0.5, 0.6) is 5.75 Å². The summed E-state index contributed by atoms with van der Waals surface area (Å²) in [4.78, 5) is 6.34. The standard InChI is InChI=1S/C18H18N2O2S.ClH/c21-18(13-23-17-19-10-11-20(17)18)12-22-16-8-6-15(7-9-16)14-4-2-1-3-5-14;/h1-9,21H,10-13H2;1H. The fraction of sp³-hybridized carbons (Fsp3) is 0.278. The maximum absolute atomic E-state index is 10.8. The van der Waals surface area contributed by atoms with Crippen LogP contribution in [0.4, 0.5) is 0 Å². The molecule has 0 bridgehead atoms. The summed E-state index contributed by atoms with van der Waals surface area (Å²) in [6, 6.07) is 18.2. The highest BCUT2D eigenvalue weighted by Gasteiger charge is 2.45. The van der Waals surface area contributed by atoms with Crippen molar-refractivity contribution in [3.8, 4) is 16.9 Å². The molecule has 2 aliphatic heterocycles. The summed E-state index contributed by atoms with van der Waals surface area (Å²) < 4.78 is 5.83. The number of benzene rings is 2. The van der Waals surface area contributed by atoms with Gasteiger partial charge in [-0.1, -0.05) is 54.2 Å². The van der Waals surface area contributed by atoms with E-state index in [2.05, 4.69) is 17.1 Å². The average molecular weight is 363 g/mol. The molecule has 1 fully saturated rings. The number of hydrogen-bond donors (Lipinski definition) is 1. The van der Waals surface area contributed by atoms with E-state index in [0.717, 1.165) is 29.6 Å². The number of rotatable bonds is 4. The third-order valence-electron chi connectivity index (χ3n) is 4.17. The summed E-state index contributed by atoms with van der Waals surface area (Å²) in [5.41, 5.74) is 1.39. The third-order valence-corrected chi connectivity index (χ3v) is 5.38. The van der Waals surface area contributed by atoms with Crippen LogP contribution in [0.15, 0.2) is 59.6 Å². The van der Waals surface area contributed by atoms with Crippen molar-refractivity contribution in [3.63, 3.8) is 0 Å². The molecule has 2 aromatic rings. The number of halogens is 1. The monoisotopic (exact) mass is 362 g/mol. The van der Waals surface area contributed by atoms with E-state index in [9.17, 15) is 5.11 Å². The van der Waals surface area contributed by atoms with E-state index >= 15 is 0 Å². The molecule has 24 heavy (non-hydrogen) atoms. The van der Waals surface area contributed by atoms with E-state index in [4.69, 9.17) is 4.74 Å². The van der Waals surface area contributed by atoms with Gasteiger partial charge in [0.2, 0.25) is 0 Å². The van der Waals surface area contributed by atoms with Crippen molar-refractivity contribution in [1.82, 2.24) is 4.90 Å². The zero-order valence-electron chi connectivity index (χ0n) is 13.1. The smallest absolute Gasteiger partial charge is 0.184 e. The molecule has 4 rings (SSSR count). The summed E-state index contributed by atoms with van der Waals surface area (Å²) in [6.07, 6.45) is 0. The molecule has 2 aromatic carbocycles. The summed E-state index contributed by atoms with van der Waals surface area (Å²) >= 11 is 1.60. The zero-order chi connectivity index (χ0) is 15.7. The molecule has 2 heterocycles. The van der Waals surface area contributed by atoms with Gasteiger partial charge in [-0.2, -0.15) is 0 Å². The molecule has 1 saturated heterocycles. The molecule has 126 valence electrons. The molecule has 1 unspecified atom stereocenters. The summed E-state index contributed by atoms with van der Waals surface area (Å²) in [5, 5.41) is 11.7. The maximum atomic E-state index is 10.8. The van der Waals surface area contributed by atoms with Crippen LogP contribution < -0.4 is 4.74 Å². The fourth-order valence-corrected chi connectivity index (χ4v) is 4.09. The molecule has 1 N–H and O–H groups in total. The lowest BCUT2D eigenvalue weighted by Gasteiger charge is -2.31. The molecular formula is C18H19ClN2O2S. The van der Waals surface area contributed by atoms with E-state index in [0.29, 0.717) is 5.75 Å². The second-order valence-corrected chi connectivity index (χ2v) is 6.71. The van der Waals surface area contributed by atoms with Gasteiger partial charge in [-0.25, -0.2) is 0 Å². The molecule has 0 radical (unpaired) electrons. The fourth-order valence-electron chi connectivity index (χ4n) is 2.89. The van der Waals surface area contributed by atoms with Gasteiger partial charge < -0.3 is 14.7 Å². The number of thioether (sulfide) groups is 1. The molecule has 2 aliphatic rings. The SMILES string of the molecule is Cl.OC1(COc2ccc(-c3ccccc3)cc2)CSC2=NCCN21. The molecule has 0 amide bonds. The highest BCUT2D eigenvalue weighted by atomic mass is 35.5. The summed E-state index contributed by atoms with van der Waals surface area (Å²) in [5.74, 6) is 1.38. The van der Waals surface area contributed by atoms with Crippen LogP contribution in [0, 0.1) is 0 Å². The molecule has 1 atom stereocenters. The highest BCUT2D eigenvalue weighted by molar-refractivity contribution is 8.14. The predicted molar refractivity (Wildman–Crippen MR) is 101 cm³/mol. The highest BCUT2D eigenvalue weighted by Crippen LogP contribution is 2.34. The van der Waals surface area contributed by atoms with Gasteiger partial charge in [-0.05, 0) is 23.3 Å². The van der Waals surface area contributed by atoms with Gasteiger partial charge in [-0.15, -0.1) is 12.4 Å². The lowest BCUT2D eigenvalue weighted by molar-refractivity contribution is -0.0694. The lowest BCUT2D eigenvalue weighted by Crippen LogP contribution is -2.51. The predicted octanol–water partition coefficient (Wildman–Crippen LogP) is 3.26. The van der Waals surface area contributed by atoms with Crippen LogP contribution >= 0.6 is 24.2 Å². The van der Waals surface area contributed by atoms with Crippen molar-refractivity contribution in [1.29, 1.82) is 0 Å². The minimum absolute atomic E-state index is 0. The van der Waals surface area contributed by atoms with Crippen LogP contribution in [0.25, 0.3) is 11.1 Å². The topological polar surface area (TPSA) is 45.1 Å².